The van der Waals surface area contributed by atoms with Gasteiger partial charge in [-0.3, -0.25) is 0 Å². The first-order valence-corrected chi connectivity index (χ1v) is 7.94. The van der Waals surface area contributed by atoms with Gasteiger partial charge < -0.3 is 0 Å². The van der Waals surface area contributed by atoms with Gasteiger partial charge in [0.25, 0.3) is 0 Å². The number of halogens is 1. The molecule has 0 heterocycles. The second-order valence-corrected chi connectivity index (χ2v) is 6.25. The summed E-state index contributed by atoms with van der Waals surface area (Å²) in [5.74, 6) is 0. The SMILES string of the molecule is Ic1ccc(C2=CC=CCC2)c(C2=CC=CCC2)c1. The van der Waals surface area contributed by atoms with Crippen LogP contribution in [0.3, 0.4) is 0 Å². The molecule has 19 heavy (non-hydrogen) atoms. The highest BCUT2D eigenvalue weighted by molar-refractivity contribution is 14.1. The maximum atomic E-state index is 2.41. The topological polar surface area (TPSA) is 0 Å². The second-order valence-electron chi connectivity index (χ2n) is 5.01. The van der Waals surface area contributed by atoms with Crippen molar-refractivity contribution in [3.63, 3.8) is 0 Å². The summed E-state index contributed by atoms with van der Waals surface area (Å²) in [5.41, 5.74) is 5.81. The number of rotatable bonds is 2. The minimum atomic E-state index is 1.16. The van der Waals surface area contributed by atoms with Crippen LogP contribution in [0.1, 0.15) is 36.8 Å². The van der Waals surface area contributed by atoms with E-state index in [0.29, 0.717) is 0 Å². The number of hydrogen-bond acceptors (Lipinski definition) is 0. The lowest BCUT2D eigenvalue weighted by Crippen LogP contribution is -1.97. The van der Waals surface area contributed by atoms with E-state index in [1.54, 1.807) is 0 Å². The summed E-state index contributed by atoms with van der Waals surface area (Å²) in [4.78, 5) is 0. The monoisotopic (exact) mass is 360 g/mol. The molecule has 0 saturated carbocycles. The van der Waals surface area contributed by atoms with Crippen molar-refractivity contribution in [2.45, 2.75) is 25.7 Å². The van der Waals surface area contributed by atoms with E-state index >= 15 is 0 Å². The Morgan fingerprint density at radius 3 is 2.00 bits per heavy atom. The Bertz CT molecular complexity index is 600. The summed E-state index contributed by atoms with van der Waals surface area (Å²) in [7, 11) is 0. The van der Waals surface area contributed by atoms with Gasteiger partial charge >= 0.3 is 0 Å². The highest BCUT2D eigenvalue weighted by Crippen LogP contribution is 2.34. The Morgan fingerprint density at radius 1 is 0.789 bits per heavy atom. The van der Waals surface area contributed by atoms with Crippen LogP contribution in [-0.4, -0.2) is 0 Å². The summed E-state index contributed by atoms with van der Waals surface area (Å²) in [6.45, 7) is 0. The van der Waals surface area contributed by atoms with Crippen LogP contribution in [0.4, 0.5) is 0 Å². The minimum Gasteiger partial charge on any atom is -0.0842 e. The second kappa shape index (κ2) is 5.91. The molecule has 2 aliphatic rings. The smallest absolute Gasteiger partial charge is 0.0136 e. The zero-order chi connectivity index (χ0) is 13.1. The Balaban J connectivity index is 2.09. The lowest BCUT2D eigenvalue weighted by atomic mass is 9.87. The average molecular weight is 360 g/mol. The predicted molar refractivity (Wildman–Crippen MR) is 91.9 cm³/mol. The Labute approximate surface area is 128 Å². The Kier molecular flexibility index (Phi) is 4.02. The lowest BCUT2D eigenvalue weighted by Gasteiger charge is -2.18. The molecule has 0 spiro atoms. The van der Waals surface area contributed by atoms with E-state index < -0.39 is 0 Å². The molecule has 0 nitrogen and oxygen atoms in total. The van der Waals surface area contributed by atoms with Crippen molar-refractivity contribution in [1.29, 1.82) is 0 Å². The van der Waals surface area contributed by atoms with Crippen LogP contribution >= 0.6 is 22.6 Å². The molecule has 3 rings (SSSR count). The molecule has 0 unspecified atom stereocenters. The standard InChI is InChI=1S/C18H17I/c19-16-11-12-17(14-7-3-1-4-8-14)18(13-16)15-9-5-2-6-10-15/h1-3,5,7,9,11-13H,4,6,8,10H2. The third-order valence-corrected chi connectivity index (χ3v) is 4.37. The summed E-state index contributed by atoms with van der Waals surface area (Å²) >= 11 is 2.41. The minimum absolute atomic E-state index is 1.16. The molecule has 0 aliphatic heterocycles. The average Bonchev–Trinajstić information content (AvgIpc) is 2.49. The third kappa shape index (κ3) is 2.92. The van der Waals surface area contributed by atoms with Gasteiger partial charge in [-0.05, 0) is 82.7 Å². The van der Waals surface area contributed by atoms with Crippen LogP contribution in [-0.2, 0) is 0 Å². The zero-order valence-corrected chi connectivity index (χ0v) is 13.1. The van der Waals surface area contributed by atoms with E-state index in [4.69, 9.17) is 0 Å². The van der Waals surface area contributed by atoms with E-state index in [0.717, 1.165) is 25.7 Å². The summed E-state index contributed by atoms with van der Waals surface area (Å²) in [6, 6.07) is 6.85. The van der Waals surface area contributed by atoms with Gasteiger partial charge in [-0.15, -0.1) is 0 Å². The molecule has 2 aliphatic carbocycles. The first kappa shape index (κ1) is 12.9. The van der Waals surface area contributed by atoms with E-state index in [9.17, 15) is 0 Å². The fraction of sp³-hybridized carbons (Fsp3) is 0.222. The van der Waals surface area contributed by atoms with Crippen molar-refractivity contribution in [2.24, 2.45) is 0 Å². The summed E-state index contributed by atoms with van der Waals surface area (Å²) in [6.07, 6.45) is 18.1. The quantitative estimate of drug-likeness (QED) is 0.589. The molecule has 1 aromatic carbocycles. The van der Waals surface area contributed by atoms with Crippen LogP contribution in [0.25, 0.3) is 11.1 Å². The van der Waals surface area contributed by atoms with Gasteiger partial charge in [0.2, 0.25) is 0 Å². The molecule has 0 saturated heterocycles. The number of allylic oxidation sites excluding steroid dienone is 8. The largest absolute Gasteiger partial charge is 0.0842 e. The fourth-order valence-corrected chi connectivity index (χ4v) is 3.21. The molecular weight excluding hydrogens is 343 g/mol. The Morgan fingerprint density at radius 2 is 1.42 bits per heavy atom. The molecule has 1 aromatic rings. The summed E-state index contributed by atoms with van der Waals surface area (Å²) in [5, 5.41) is 0. The molecule has 0 bridgehead atoms. The highest BCUT2D eigenvalue weighted by atomic mass is 127. The van der Waals surface area contributed by atoms with Gasteiger partial charge in [0.05, 0.1) is 0 Å². The molecular formula is C18H17I. The summed E-state index contributed by atoms with van der Waals surface area (Å²) < 4.78 is 1.32. The van der Waals surface area contributed by atoms with Crippen molar-refractivity contribution >= 4 is 33.7 Å². The molecule has 0 atom stereocenters. The van der Waals surface area contributed by atoms with Crippen molar-refractivity contribution in [3.05, 3.63) is 69.4 Å². The van der Waals surface area contributed by atoms with Gasteiger partial charge in [0.15, 0.2) is 0 Å². The van der Waals surface area contributed by atoms with E-state index in [2.05, 4.69) is 77.2 Å². The van der Waals surface area contributed by atoms with Crippen molar-refractivity contribution in [2.75, 3.05) is 0 Å². The molecule has 0 N–H and O–H groups in total. The predicted octanol–water partition coefficient (Wildman–Crippen LogP) is 5.76. The molecule has 0 aromatic heterocycles. The van der Waals surface area contributed by atoms with E-state index in [1.807, 2.05) is 0 Å². The molecule has 0 fully saturated rings. The zero-order valence-electron chi connectivity index (χ0n) is 10.9. The van der Waals surface area contributed by atoms with Gasteiger partial charge in [0.1, 0.15) is 0 Å². The van der Waals surface area contributed by atoms with Crippen LogP contribution < -0.4 is 0 Å². The maximum absolute atomic E-state index is 2.41. The number of benzene rings is 1. The lowest BCUT2D eigenvalue weighted by molar-refractivity contribution is 1.04. The molecule has 0 amide bonds. The fourth-order valence-electron chi connectivity index (χ4n) is 2.72. The first-order valence-electron chi connectivity index (χ1n) is 6.86. The van der Waals surface area contributed by atoms with Gasteiger partial charge in [-0.1, -0.05) is 42.5 Å². The normalized spacial score (nSPS) is 18.2. The molecule has 96 valence electrons. The van der Waals surface area contributed by atoms with Gasteiger partial charge in [-0.25, -0.2) is 0 Å². The first-order chi connectivity index (χ1) is 9.34. The molecule has 0 radical (unpaired) electrons. The van der Waals surface area contributed by atoms with Crippen LogP contribution in [0.15, 0.2) is 54.7 Å². The molecule has 1 heteroatoms. The Hall–Kier alpha value is -1.09. The van der Waals surface area contributed by atoms with Crippen molar-refractivity contribution < 1.29 is 0 Å². The van der Waals surface area contributed by atoms with E-state index in [-0.39, 0.29) is 0 Å². The van der Waals surface area contributed by atoms with Crippen molar-refractivity contribution in [1.82, 2.24) is 0 Å². The van der Waals surface area contributed by atoms with Gasteiger partial charge in [-0.2, -0.15) is 0 Å². The van der Waals surface area contributed by atoms with Crippen LogP contribution in [0, 0.1) is 3.57 Å². The van der Waals surface area contributed by atoms with Gasteiger partial charge in [0, 0.05) is 3.57 Å². The van der Waals surface area contributed by atoms with Crippen LogP contribution in [0.5, 0.6) is 0 Å². The van der Waals surface area contributed by atoms with Crippen molar-refractivity contribution in [3.8, 4) is 0 Å². The maximum Gasteiger partial charge on any atom is 0.0136 e. The highest BCUT2D eigenvalue weighted by Gasteiger charge is 2.13. The van der Waals surface area contributed by atoms with Crippen LogP contribution in [0.2, 0.25) is 0 Å². The number of hydrogen-bond donors (Lipinski definition) is 0. The third-order valence-electron chi connectivity index (χ3n) is 3.70. The van der Waals surface area contributed by atoms with E-state index in [1.165, 1.54) is 25.8 Å².